The summed E-state index contributed by atoms with van der Waals surface area (Å²) in [6, 6.07) is 8.33. The Bertz CT molecular complexity index is 642. The van der Waals surface area contributed by atoms with Crippen molar-refractivity contribution >= 4 is 5.69 Å². The molecule has 2 aromatic rings. The summed E-state index contributed by atoms with van der Waals surface area (Å²) in [5.74, 6) is -3.93. The molecule has 3 rings (SSSR count). The van der Waals surface area contributed by atoms with Gasteiger partial charge in [-0.25, -0.2) is 17.6 Å². The van der Waals surface area contributed by atoms with Crippen LogP contribution >= 0.6 is 0 Å². The SMILES string of the molecule is Fc1cccc(C2CC(Nc3cc(F)c(F)c(F)c3)C2)c1. The average Bonchev–Trinajstić information content (AvgIpc) is 2.39. The molecule has 0 radical (unpaired) electrons. The normalized spacial score (nSPS) is 21.0. The van der Waals surface area contributed by atoms with Crippen molar-refractivity contribution in [2.24, 2.45) is 0 Å². The van der Waals surface area contributed by atoms with Gasteiger partial charge in [-0.15, -0.1) is 0 Å². The third-order valence-corrected chi connectivity index (χ3v) is 3.81. The molecule has 110 valence electrons. The monoisotopic (exact) mass is 295 g/mol. The van der Waals surface area contributed by atoms with E-state index in [9.17, 15) is 17.6 Å². The van der Waals surface area contributed by atoms with Gasteiger partial charge >= 0.3 is 0 Å². The van der Waals surface area contributed by atoms with E-state index in [0.29, 0.717) is 0 Å². The molecule has 1 saturated carbocycles. The Morgan fingerprint density at radius 2 is 1.57 bits per heavy atom. The van der Waals surface area contributed by atoms with Gasteiger partial charge in [0, 0.05) is 23.9 Å². The molecule has 1 aliphatic rings. The van der Waals surface area contributed by atoms with E-state index < -0.39 is 17.5 Å². The number of hydrogen-bond donors (Lipinski definition) is 1. The van der Waals surface area contributed by atoms with Gasteiger partial charge < -0.3 is 5.32 Å². The molecule has 0 saturated heterocycles. The maximum Gasteiger partial charge on any atom is 0.194 e. The van der Waals surface area contributed by atoms with Crippen LogP contribution in [0.4, 0.5) is 23.2 Å². The predicted octanol–water partition coefficient (Wildman–Crippen LogP) is 4.60. The maximum absolute atomic E-state index is 13.1. The minimum Gasteiger partial charge on any atom is -0.382 e. The molecule has 0 heterocycles. The van der Waals surface area contributed by atoms with E-state index in [1.165, 1.54) is 12.1 Å². The van der Waals surface area contributed by atoms with Crippen molar-refractivity contribution in [2.45, 2.75) is 24.8 Å². The van der Waals surface area contributed by atoms with Gasteiger partial charge in [0.05, 0.1) is 0 Å². The molecule has 0 aromatic heterocycles. The topological polar surface area (TPSA) is 12.0 Å². The molecule has 1 aliphatic carbocycles. The Morgan fingerprint density at radius 3 is 2.19 bits per heavy atom. The van der Waals surface area contributed by atoms with Gasteiger partial charge in [-0.05, 0) is 36.5 Å². The van der Waals surface area contributed by atoms with Crippen LogP contribution in [0.25, 0.3) is 0 Å². The van der Waals surface area contributed by atoms with E-state index in [1.54, 1.807) is 6.07 Å². The van der Waals surface area contributed by atoms with Crippen molar-refractivity contribution in [1.29, 1.82) is 0 Å². The highest BCUT2D eigenvalue weighted by Gasteiger charge is 2.30. The molecule has 2 aromatic carbocycles. The first-order chi connectivity index (χ1) is 10.0. The summed E-state index contributed by atoms with van der Waals surface area (Å²) < 4.78 is 52.2. The summed E-state index contributed by atoms with van der Waals surface area (Å²) in [6.45, 7) is 0. The van der Waals surface area contributed by atoms with E-state index in [1.807, 2.05) is 6.07 Å². The predicted molar refractivity (Wildman–Crippen MR) is 72.1 cm³/mol. The van der Waals surface area contributed by atoms with Crippen LogP contribution in [-0.2, 0) is 0 Å². The number of hydrogen-bond acceptors (Lipinski definition) is 1. The highest BCUT2D eigenvalue weighted by molar-refractivity contribution is 5.46. The first kappa shape index (κ1) is 13.9. The Labute approximate surface area is 119 Å². The van der Waals surface area contributed by atoms with Crippen molar-refractivity contribution < 1.29 is 17.6 Å². The first-order valence-electron chi connectivity index (χ1n) is 6.69. The summed E-state index contributed by atoms with van der Waals surface area (Å²) in [5, 5.41) is 2.96. The molecule has 21 heavy (non-hydrogen) atoms. The maximum atomic E-state index is 13.1. The van der Waals surface area contributed by atoms with Crippen LogP contribution in [-0.4, -0.2) is 6.04 Å². The molecule has 0 spiro atoms. The number of benzene rings is 2. The van der Waals surface area contributed by atoms with Gasteiger partial charge in [-0.3, -0.25) is 0 Å². The number of halogens is 4. The Balaban J connectivity index is 1.62. The van der Waals surface area contributed by atoms with E-state index >= 15 is 0 Å². The number of anilines is 1. The third-order valence-electron chi connectivity index (χ3n) is 3.81. The zero-order chi connectivity index (χ0) is 15.0. The smallest absolute Gasteiger partial charge is 0.194 e. The van der Waals surface area contributed by atoms with Crippen molar-refractivity contribution in [3.05, 3.63) is 65.2 Å². The average molecular weight is 295 g/mol. The summed E-state index contributed by atoms with van der Waals surface area (Å²) in [7, 11) is 0. The number of nitrogens with one attached hydrogen (secondary N) is 1. The Morgan fingerprint density at radius 1 is 0.905 bits per heavy atom. The van der Waals surface area contributed by atoms with Gasteiger partial charge in [-0.1, -0.05) is 12.1 Å². The van der Waals surface area contributed by atoms with E-state index in [-0.39, 0.29) is 23.5 Å². The van der Waals surface area contributed by atoms with Gasteiger partial charge in [0.2, 0.25) is 0 Å². The van der Waals surface area contributed by atoms with Crippen molar-refractivity contribution in [3.63, 3.8) is 0 Å². The second-order valence-corrected chi connectivity index (χ2v) is 5.32. The lowest BCUT2D eigenvalue weighted by Crippen LogP contribution is -2.34. The summed E-state index contributed by atoms with van der Waals surface area (Å²) >= 11 is 0. The van der Waals surface area contributed by atoms with Crippen molar-refractivity contribution in [3.8, 4) is 0 Å². The van der Waals surface area contributed by atoms with Gasteiger partial charge in [0.1, 0.15) is 5.82 Å². The summed E-state index contributed by atoms with van der Waals surface area (Å²) in [4.78, 5) is 0. The molecule has 0 unspecified atom stereocenters. The molecular weight excluding hydrogens is 282 g/mol. The highest BCUT2D eigenvalue weighted by atomic mass is 19.2. The van der Waals surface area contributed by atoms with Crippen molar-refractivity contribution in [1.82, 2.24) is 0 Å². The molecule has 5 heteroatoms. The first-order valence-corrected chi connectivity index (χ1v) is 6.69. The van der Waals surface area contributed by atoms with Crippen LogP contribution in [0.3, 0.4) is 0 Å². The largest absolute Gasteiger partial charge is 0.382 e. The molecule has 1 nitrogen and oxygen atoms in total. The lowest BCUT2D eigenvalue weighted by molar-refractivity contribution is 0.372. The second-order valence-electron chi connectivity index (χ2n) is 5.32. The zero-order valence-corrected chi connectivity index (χ0v) is 11.0. The lowest BCUT2D eigenvalue weighted by atomic mass is 9.76. The fourth-order valence-electron chi connectivity index (χ4n) is 2.64. The quantitative estimate of drug-likeness (QED) is 0.644. The summed E-state index contributed by atoms with van der Waals surface area (Å²) in [5.41, 5.74) is 1.14. The fourth-order valence-corrected chi connectivity index (χ4v) is 2.64. The fraction of sp³-hybridized carbons (Fsp3) is 0.250. The lowest BCUT2D eigenvalue weighted by Gasteiger charge is -2.37. The van der Waals surface area contributed by atoms with Crippen LogP contribution in [0.2, 0.25) is 0 Å². The molecule has 0 bridgehead atoms. The Hall–Kier alpha value is -2.04. The molecule has 0 aliphatic heterocycles. The summed E-state index contributed by atoms with van der Waals surface area (Å²) in [6.07, 6.45) is 1.48. The molecular formula is C16H13F4N. The second kappa shape index (κ2) is 5.39. The van der Waals surface area contributed by atoms with Crippen LogP contribution in [0.1, 0.15) is 24.3 Å². The minimum atomic E-state index is -1.47. The van der Waals surface area contributed by atoms with Crippen molar-refractivity contribution in [2.75, 3.05) is 5.32 Å². The molecule has 1 fully saturated rings. The van der Waals surface area contributed by atoms with Gasteiger partial charge in [-0.2, -0.15) is 0 Å². The molecule has 0 amide bonds. The Kier molecular flexibility index (Phi) is 3.57. The molecule has 0 atom stereocenters. The van der Waals surface area contributed by atoms with Crippen LogP contribution in [0.5, 0.6) is 0 Å². The standard InChI is InChI=1S/C16H13F4N/c17-11-3-1-2-9(4-11)10-5-12(6-10)21-13-7-14(18)16(20)15(19)8-13/h1-4,7-8,10,12,21H,5-6H2. The van der Waals surface area contributed by atoms with Crippen LogP contribution < -0.4 is 5.32 Å². The van der Waals surface area contributed by atoms with Gasteiger partial charge in [0.15, 0.2) is 17.5 Å². The minimum absolute atomic E-state index is 0.0440. The van der Waals surface area contributed by atoms with E-state index in [2.05, 4.69) is 5.32 Å². The van der Waals surface area contributed by atoms with Gasteiger partial charge in [0.25, 0.3) is 0 Å². The zero-order valence-electron chi connectivity index (χ0n) is 11.0. The van der Waals surface area contributed by atoms with E-state index in [4.69, 9.17) is 0 Å². The van der Waals surface area contributed by atoms with Crippen LogP contribution in [0, 0.1) is 23.3 Å². The third kappa shape index (κ3) is 2.86. The highest BCUT2D eigenvalue weighted by Crippen LogP contribution is 2.38. The molecule has 1 N–H and O–H groups in total. The number of rotatable bonds is 3. The van der Waals surface area contributed by atoms with Crippen LogP contribution in [0.15, 0.2) is 36.4 Å². The van der Waals surface area contributed by atoms with E-state index in [0.717, 1.165) is 30.5 Å².